The van der Waals surface area contributed by atoms with Crippen LogP contribution >= 0.6 is 11.3 Å². The number of rotatable bonds is 4. The number of fused-ring (bicyclic) bond motifs is 1. The molecule has 2 aromatic heterocycles. The van der Waals surface area contributed by atoms with Gasteiger partial charge in [0, 0.05) is 38.4 Å². The van der Waals surface area contributed by atoms with Crippen molar-refractivity contribution in [2.75, 3.05) is 31.1 Å². The number of halogens is 1. The van der Waals surface area contributed by atoms with Crippen molar-refractivity contribution in [3.8, 4) is 0 Å². The van der Waals surface area contributed by atoms with Crippen LogP contribution < -0.4 is 4.90 Å². The fourth-order valence-corrected chi connectivity index (χ4v) is 5.31. The third kappa shape index (κ3) is 3.79. The van der Waals surface area contributed by atoms with Crippen LogP contribution in [0, 0.1) is 19.7 Å². The molecular formula is C26H26FN3OS. The number of carbonyl (C=O) groups excluding carboxylic acids is 1. The highest BCUT2D eigenvalue weighted by Crippen LogP contribution is 2.28. The van der Waals surface area contributed by atoms with E-state index in [0.717, 1.165) is 28.9 Å². The maximum Gasteiger partial charge on any atom is 0.270 e. The maximum absolute atomic E-state index is 13.5. The number of thiophene rings is 1. The second-order valence-corrected chi connectivity index (χ2v) is 9.36. The van der Waals surface area contributed by atoms with E-state index in [1.54, 1.807) is 23.5 Å². The van der Waals surface area contributed by atoms with Gasteiger partial charge in [-0.15, -0.1) is 11.3 Å². The van der Waals surface area contributed by atoms with Crippen LogP contribution in [0.25, 0.3) is 10.2 Å². The molecule has 0 radical (unpaired) electrons. The normalized spacial score (nSPS) is 14.3. The lowest BCUT2D eigenvalue weighted by atomic mass is 10.1. The highest BCUT2D eigenvalue weighted by Gasteiger charge is 2.26. The first-order chi connectivity index (χ1) is 15.5. The van der Waals surface area contributed by atoms with Crippen LogP contribution in [0.5, 0.6) is 0 Å². The highest BCUT2D eigenvalue weighted by atomic mass is 32.1. The minimum atomic E-state index is -0.250. The lowest BCUT2D eigenvalue weighted by Gasteiger charge is -2.37. The highest BCUT2D eigenvalue weighted by molar-refractivity contribution is 7.17. The van der Waals surface area contributed by atoms with Gasteiger partial charge in [0.1, 0.15) is 11.5 Å². The van der Waals surface area contributed by atoms with Crippen LogP contribution in [-0.4, -0.2) is 41.6 Å². The smallest absolute Gasteiger partial charge is 0.270 e. The molecule has 3 heterocycles. The molecule has 164 valence electrons. The van der Waals surface area contributed by atoms with E-state index in [1.807, 2.05) is 16.3 Å². The van der Waals surface area contributed by atoms with Crippen LogP contribution in [0.3, 0.4) is 0 Å². The molecule has 6 heteroatoms. The molecule has 1 aliphatic heterocycles. The summed E-state index contributed by atoms with van der Waals surface area (Å²) in [4.78, 5) is 17.9. The Hall–Kier alpha value is -3.12. The average Bonchev–Trinajstić information content (AvgIpc) is 3.39. The first kappa shape index (κ1) is 20.8. The third-order valence-corrected chi connectivity index (χ3v) is 7.33. The van der Waals surface area contributed by atoms with Crippen molar-refractivity contribution in [3.05, 3.63) is 88.2 Å². The average molecular weight is 448 g/mol. The van der Waals surface area contributed by atoms with E-state index in [0.29, 0.717) is 25.3 Å². The molecular weight excluding hydrogens is 421 g/mol. The van der Waals surface area contributed by atoms with Gasteiger partial charge >= 0.3 is 0 Å². The molecule has 0 spiro atoms. The number of aryl methyl sites for hydroxylation is 1. The Kier molecular flexibility index (Phi) is 5.47. The monoisotopic (exact) mass is 447 g/mol. The van der Waals surface area contributed by atoms with E-state index in [2.05, 4.69) is 47.6 Å². The number of anilines is 1. The van der Waals surface area contributed by atoms with Crippen molar-refractivity contribution >= 4 is 33.1 Å². The summed E-state index contributed by atoms with van der Waals surface area (Å²) in [6.45, 7) is 7.89. The van der Waals surface area contributed by atoms with E-state index in [4.69, 9.17) is 0 Å². The summed E-state index contributed by atoms with van der Waals surface area (Å²) in [5.74, 6) is -0.184. The number of nitrogens with zero attached hydrogens (tertiary/aromatic N) is 3. The molecule has 1 saturated heterocycles. The SMILES string of the molecule is Cc1cccc(N2CCN(C(=O)c3cc4sccc4n3Cc3ccc(F)cc3)CC2)c1C. The minimum absolute atomic E-state index is 0.0659. The quantitative estimate of drug-likeness (QED) is 0.415. The third-order valence-electron chi connectivity index (χ3n) is 6.48. The van der Waals surface area contributed by atoms with Crippen LogP contribution in [0.2, 0.25) is 0 Å². The van der Waals surface area contributed by atoms with E-state index in [9.17, 15) is 9.18 Å². The molecule has 0 N–H and O–H groups in total. The number of piperazine rings is 1. The molecule has 1 aliphatic rings. The van der Waals surface area contributed by atoms with Gasteiger partial charge in [-0.25, -0.2) is 4.39 Å². The fourth-order valence-electron chi connectivity index (χ4n) is 4.49. The Morgan fingerprint density at radius 3 is 2.50 bits per heavy atom. The van der Waals surface area contributed by atoms with E-state index < -0.39 is 0 Å². The summed E-state index contributed by atoms with van der Waals surface area (Å²) in [7, 11) is 0. The van der Waals surface area contributed by atoms with E-state index >= 15 is 0 Å². The minimum Gasteiger partial charge on any atom is -0.368 e. The van der Waals surface area contributed by atoms with Gasteiger partial charge in [-0.2, -0.15) is 0 Å². The molecule has 0 unspecified atom stereocenters. The molecule has 32 heavy (non-hydrogen) atoms. The largest absolute Gasteiger partial charge is 0.368 e. The van der Waals surface area contributed by atoms with Crippen molar-refractivity contribution in [2.24, 2.45) is 0 Å². The van der Waals surface area contributed by atoms with Gasteiger partial charge in [-0.05, 0) is 66.2 Å². The Balaban J connectivity index is 1.37. The number of hydrogen-bond acceptors (Lipinski definition) is 3. The maximum atomic E-state index is 13.5. The van der Waals surface area contributed by atoms with Crippen molar-refractivity contribution in [1.82, 2.24) is 9.47 Å². The molecule has 1 fully saturated rings. The summed E-state index contributed by atoms with van der Waals surface area (Å²) < 4.78 is 16.5. The van der Waals surface area contributed by atoms with Gasteiger partial charge in [0.15, 0.2) is 0 Å². The molecule has 0 atom stereocenters. The first-order valence-electron chi connectivity index (χ1n) is 10.9. The fraction of sp³-hybridized carbons (Fsp3) is 0.269. The zero-order valence-electron chi connectivity index (χ0n) is 18.3. The topological polar surface area (TPSA) is 28.5 Å². The molecule has 4 nitrogen and oxygen atoms in total. The van der Waals surface area contributed by atoms with Crippen molar-refractivity contribution < 1.29 is 9.18 Å². The molecule has 5 rings (SSSR count). The summed E-state index contributed by atoms with van der Waals surface area (Å²) in [6, 6.07) is 17.0. The zero-order valence-corrected chi connectivity index (χ0v) is 19.2. The van der Waals surface area contributed by atoms with Gasteiger partial charge in [-0.3, -0.25) is 4.79 Å². The number of benzene rings is 2. The molecule has 4 aromatic rings. The van der Waals surface area contributed by atoms with Crippen LogP contribution in [0.1, 0.15) is 27.2 Å². The van der Waals surface area contributed by atoms with Crippen molar-refractivity contribution in [2.45, 2.75) is 20.4 Å². The van der Waals surface area contributed by atoms with Gasteiger partial charge in [-0.1, -0.05) is 24.3 Å². The Bertz CT molecular complexity index is 1270. The van der Waals surface area contributed by atoms with Crippen LogP contribution in [0.15, 0.2) is 60.0 Å². The van der Waals surface area contributed by atoms with Gasteiger partial charge in [0.2, 0.25) is 0 Å². The lowest BCUT2D eigenvalue weighted by molar-refractivity contribution is 0.0737. The first-order valence-corrected chi connectivity index (χ1v) is 11.8. The predicted octanol–water partition coefficient (Wildman–Crippen LogP) is 5.47. The Morgan fingerprint density at radius 2 is 1.75 bits per heavy atom. The Labute approximate surface area is 191 Å². The summed E-state index contributed by atoms with van der Waals surface area (Å²) in [5.41, 5.74) is 6.59. The standard InChI is InChI=1S/C26H26FN3OS/c1-18-4-3-5-22(19(18)2)28-11-13-29(14-12-28)26(31)24-16-25-23(10-15-32-25)30(24)17-20-6-8-21(27)9-7-20/h3-10,15-16H,11-14,17H2,1-2H3. The second-order valence-electron chi connectivity index (χ2n) is 8.41. The summed E-state index contributed by atoms with van der Waals surface area (Å²) in [5, 5.41) is 2.04. The molecule has 1 amide bonds. The van der Waals surface area contributed by atoms with Gasteiger partial charge in [0.25, 0.3) is 5.91 Å². The van der Waals surface area contributed by atoms with E-state index in [1.165, 1.54) is 28.9 Å². The summed E-state index contributed by atoms with van der Waals surface area (Å²) >= 11 is 1.64. The van der Waals surface area contributed by atoms with Crippen LogP contribution in [0.4, 0.5) is 10.1 Å². The lowest BCUT2D eigenvalue weighted by Crippen LogP contribution is -2.49. The Morgan fingerprint density at radius 1 is 1.00 bits per heavy atom. The number of hydrogen-bond donors (Lipinski definition) is 0. The van der Waals surface area contributed by atoms with E-state index in [-0.39, 0.29) is 11.7 Å². The molecule has 0 saturated carbocycles. The number of carbonyl (C=O) groups is 1. The van der Waals surface area contributed by atoms with Crippen molar-refractivity contribution in [1.29, 1.82) is 0 Å². The number of amides is 1. The zero-order chi connectivity index (χ0) is 22.2. The predicted molar refractivity (Wildman–Crippen MR) is 129 cm³/mol. The van der Waals surface area contributed by atoms with Crippen LogP contribution in [-0.2, 0) is 6.54 Å². The molecule has 2 aromatic carbocycles. The summed E-state index contributed by atoms with van der Waals surface area (Å²) in [6.07, 6.45) is 0. The van der Waals surface area contributed by atoms with Gasteiger partial charge in [0.05, 0.1) is 10.2 Å². The number of aromatic nitrogens is 1. The second kappa shape index (κ2) is 8.43. The molecule has 0 bridgehead atoms. The van der Waals surface area contributed by atoms with Crippen molar-refractivity contribution in [3.63, 3.8) is 0 Å². The molecule has 0 aliphatic carbocycles. The van der Waals surface area contributed by atoms with Gasteiger partial charge < -0.3 is 14.4 Å².